The Bertz CT molecular complexity index is 1390. The first-order valence-corrected chi connectivity index (χ1v) is 12.6. The molecule has 0 unspecified atom stereocenters. The molecule has 1 saturated heterocycles. The first-order chi connectivity index (χ1) is 18.4. The van der Waals surface area contributed by atoms with Gasteiger partial charge in [-0.2, -0.15) is 0 Å². The van der Waals surface area contributed by atoms with E-state index >= 15 is 0 Å². The van der Waals surface area contributed by atoms with E-state index < -0.39 is 4.92 Å². The maximum atomic E-state index is 13.1. The van der Waals surface area contributed by atoms with Gasteiger partial charge in [0.25, 0.3) is 11.6 Å². The number of nitro groups is 1. The second-order valence-corrected chi connectivity index (χ2v) is 9.54. The largest absolute Gasteiger partial charge is 0.359 e. The lowest BCUT2D eigenvalue weighted by molar-refractivity contribution is -0.384. The van der Waals surface area contributed by atoms with Gasteiger partial charge in [0, 0.05) is 48.6 Å². The van der Waals surface area contributed by atoms with E-state index in [2.05, 4.69) is 20.9 Å². The molecule has 0 aromatic heterocycles. The fourth-order valence-electron chi connectivity index (χ4n) is 5.05. The summed E-state index contributed by atoms with van der Waals surface area (Å²) in [7, 11) is 1.69. The number of carbonyl (C=O) groups is 2. The van der Waals surface area contributed by atoms with E-state index in [1.54, 1.807) is 13.1 Å². The molecule has 0 aliphatic carbocycles. The maximum absolute atomic E-state index is 13.1. The number of nitro benzene ring substituents is 1. The average molecular weight is 512 g/mol. The molecule has 2 aliphatic rings. The van der Waals surface area contributed by atoms with Gasteiger partial charge in [0.2, 0.25) is 5.91 Å². The Morgan fingerprint density at radius 2 is 1.76 bits per heavy atom. The van der Waals surface area contributed by atoms with E-state index in [0.29, 0.717) is 22.5 Å². The predicted octanol–water partition coefficient (Wildman–Crippen LogP) is 4.49. The lowest BCUT2D eigenvalue weighted by Gasteiger charge is -2.31. The fourth-order valence-corrected chi connectivity index (χ4v) is 5.05. The van der Waals surface area contributed by atoms with E-state index in [1.165, 1.54) is 12.1 Å². The van der Waals surface area contributed by atoms with Crippen molar-refractivity contribution in [3.8, 4) is 0 Å². The normalized spacial score (nSPS) is 16.9. The van der Waals surface area contributed by atoms with Gasteiger partial charge in [-0.3, -0.25) is 24.6 Å². The second-order valence-electron chi connectivity index (χ2n) is 9.54. The van der Waals surface area contributed by atoms with Crippen LogP contribution in [0.15, 0.2) is 72.8 Å². The van der Waals surface area contributed by atoms with Crippen molar-refractivity contribution in [1.82, 2.24) is 10.2 Å². The molecule has 1 fully saturated rings. The molecule has 0 atom stereocenters. The zero-order valence-electron chi connectivity index (χ0n) is 21.1. The quantitative estimate of drug-likeness (QED) is 0.245. The van der Waals surface area contributed by atoms with Crippen LogP contribution in [0.3, 0.4) is 0 Å². The first-order valence-electron chi connectivity index (χ1n) is 12.6. The van der Waals surface area contributed by atoms with E-state index in [0.717, 1.165) is 49.3 Å². The number of amides is 2. The number of nitrogens with one attached hydrogen (secondary N) is 3. The van der Waals surface area contributed by atoms with Crippen LogP contribution < -0.4 is 16.0 Å². The van der Waals surface area contributed by atoms with Crippen molar-refractivity contribution in [2.45, 2.75) is 19.4 Å². The summed E-state index contributed by atoms with van der Waals surface area (Å²) in [5, 5.41) is 20.4. The molecule has 0 spiro atoms. The Balaban J connectivity index is 1.39. The molecule has 0 bridgehead atoms. The van der Waals surface area contributed by atoms with E-state index in [9.17, 15) is 19.7 Å². The standard InChI is InChI=1S/C29H29N5O4/c1-30-28(35)21-13-15-33(16-14-21)18-19-7-9-22(10-8-19)31-27(20-5-3-2-4-6-20)26-24-17-23(34(37)38)11-12-25(24)32-29(26)36/h2-12,17,21,31H,13-16,18H2,1H3,(H,30,35)(H,32,36). The van der Waals surface area contributed by atoms with Crippen LogP contribution in [0, 0.1) is 16.0 Å². The number of hydrogen-bond donors (Lipinski definition) is 3. The van der Waals surface area contributed by atoms with Crippen LogP contribution in [0.5, 0.6) is 0 Å². The number of carbonyl (C=O) groups excluding carboxylic acids is 2. The highest BCUT2D eigenvalue weighted by Gasteiger charge is 2.30. The van der Waals surface area contributed by atoms with Gasteiger partial charge in [-0.1, -0.05) is 42.5 Å². The third-order valence-corrected chi connectivity index (χ3v) is 7.11. The van der Waals surface area contributed by atoms with Gasteiger partial charge in [0.15, 0.2) is 0 Å². The molecule has 3 aromatic carbocycles. The molecule has 3 N–H and O–H groups in total. The van der Waals surface area contributed by atoms with Crippen molar-refractivity contribution >= 4 is 40.1 Å². The van der Waals surface area contributed by atoms with Crippen LogP contribution in [0.1, 0.15) is 29.5 Å². The summed E-state index contributed by atoms with van der Waals surface area (Å²) in [6, 6.07) is 21.9. The van der Waals surface area contributed by atoms with Crippen molar-refractivity contribution < 1.29 is 14.5 Å². The second kappa shape index (κ2) is 10.9. The zero-order chi connectivity index (χ0) is 26.6. The van der Waals surface area contributed by atoms with Crippen LogP contribution in [0.4, 0.5) is 17.1 Å². The minimum absolute atomic E-state index is 0.0751. The van der Waals surface area contributed by atoms with Crippen molar-refractivity contribution in [3.05, 3.63) is 99.6 Å². The Hall–Kier alpha value is -4.50. The summed E-state index contributed by atoms with van der Waals surface area (Å²) in [5.74, 6) is -0.105. The number of anilines is 2. The molecular formula is C29H29N5O4. The molecule has 9 heteroatoms. The van der Waals surface area contributed by atoms with E-state index in [-0.39, 0.29) is 23.4 Å². The van der Waals surface area contributed by atoms with Crippen LogP contribution in [-0.2, 0) is 16.1 Å². The van der Waals surface area contributed by atoms with E-state index in [4.69, 9.17) is 0 Å². The predicted molar refractivity (Wildman–Crippen MR) is 147 cm³/mol. The van der Waals surface area contributed by atoms with Gasteiger partial charge in [-0.25, -0.2) is 0 Å². The number of piperidine rings is 1. The summed E-state index contributed by atoms with van der Waals surface area (Å²) in [6.45, 7) is 2.55. The molecule has 194 valence electrons. The summed E-state index contributed by atoms with van der Waals surface area (Å²) in [5.41, 5.74) is 4.64. The first kappa shape index (κ1) is 25.2. The van der Waals surface area contributed by atoms with Crippen LogP contribution in [0.25, 0.3) is 11.3 Å². The smallest absolute Gasteiger partial charge is 0.270 e. The van der Waals surface area contributed by atoms with Gasteiger partial charge in [0.05, 0.1) is 16.2 Å². The van der Waals surface area contributed by atoms with Gasteiger partial charge >= 0.3 is 0 Å². The topological polar surface area (TPSA) is 117 Å². The SMILES string of the molecule is CNC(=O)C1CCN(Cc2ccc(NC(=C3C(=O)Nc4ccc([N+](=O)[O-])cc43)c3ccccc3)cc2)CC1. The minimum Gasteiger partial charge on any atom is -0.359 e. The lowest BCUT2D eigenvalue weighted by atomic mass is 9.95. The molecule has 9 nitrogen and oxygen atoms in total. The highest BCUT2D eigenvalue weighted by molar-refractivity contribution is 6.37. The summed E-state index contributed by atoms with van der Waals surface area (Å²) in [6.07, 6.45) is 1.71. The third kappa shape index (κ3) is 5.28. The zero-order valence-corrected chi connectivity index (χ0v) is 21.1. The Labute approximate surface area is 220 Å². The number of benzene rings is 3. The highest BCUT2D eigenvalue weighted by Crippen LogP contribution is 2.39. The average Bonchev–Trinajstić information content (AvgIpc) is 3.27. The van der Waals surface area contributed by atoms with Crippen LogP contribution in [0.2, 0.25) is 0 Å². The Kier molecular flexibility index (Phi) is 7.19. The molecule has 5 rings (SSSR count). The summed E-state index contributed by atoms with van der Waals surface area (Å²) in [4.78, 5) is 38.3. The minimum atomic E-state index is -0.462. The van der Waals surface area contributed by atoms with Crippen LogP contribution in [-0.4, -0.2) is 41.8 Å². The summed E-state index contributed by atoms with van der Waals surface area (Å²) < 4.78 is 0. The molecule has 38 heavy (non-hydrogen) atoms. The molecule has 3 aromatic rings. The highest BCUT2D eigenvalue weighted by atomic mass is 16.6. The van der Waals surface area contributed by atoms with Crippen molar-refractivity contribution in [3.63, 3.8) is 0 Å². The number of non-ortho nitro benzene ring substituents is 1. The number of likely N-dealkylation sites (tertiary alicyclic amines) is 1. The van der Waals surface area contributed by atoms with Crippen LogP contribution >= 0.6 is 0 Å². The Morgan fingerprint density at radius 1 is 1.05 bits per heavy atom. The lowest BCUT2D eigenvalue weighted by Crippen LogP contribution is -2.39. The molecular weight excluding hydrogens is 482 g/mol. The fraction of sp³-hybridized carbons (Fsp3) is 0.241. The van der Waals surface area contributed by atoms with Gasteiger partial charge < -0.3 is 16.0 Å². The number of hydrogen-bond acceptors (Lipinski definition) is 6. The van der Waals surface area contributed by atoms with Crippen molar-refractivity contribution in [2.24, 2.45) is 5.92 Å². The van der Waals surface area contributed by atoms with Crippen molar-refractivity contribution in [2.75, 3.05) is 30.8 Å². The molecule has 2 heterocycles. The maximum Gasteiger partial charge on any atom is 0.270 e. The molecule has 0 saturated carbocycles. The number of nitrogens with zero attached hydrogens (tertiary/aromatic N) is 2. The van der Waals surface area contributed by atoms with Gasteiger partial charge in [-0.05, 0) is 55.3 Å². The number of fused-ring (bicyclic) bond motifs is 1. The van der Waals surface area contributed by atoms with E-state index in [1.807, 2.05) is 54.6 Å². The monoisotopic (exact) mass is 511 g/mol. The summed E-state index contributed by atoms with van der Waals surface area (Å²) >= 11 is 0. The van der Waals surface area contributed by atoms with Gasteiger partial charge in [0.1, 0.15) is 0 Å². The van der Waals surface area contributed by atoms with Gasteiger partial charge in [-0.15, -0.1) is 0 Å². The Morgan fingerprint density at radius 3 is 2.42 bits per heavy atom. The third-order valence-electron chi connectivity index (χ3n) is 7.11. The number of rotatable bonds is 7. The molecule has 0 radical (unpaired) electrons. The molecule has 2 aliphatic heterocycles. The van der Waals surface area contributed by atoms with Crippen molar-refractivity contribution in [1.29, 1.82) is 0 Å². The molecule has 2 amide bonds.